The molecule has 1 aliphatic rings. The Balaban J connectivity index is 1.84. The molecule has 0 aliphatic carbocycles. The first-order valence-corrected chi connectivity index (χ1v) is 7.10. The molecule has 3 rings (SSSR count). The average Bonchev–Trinajstić information content (AvgIpc) is 2.93. The molecule has 1 aromatic heterocycles. The van der Waals surface area contributed by atoms with Gasteiger partial charge in [-0.25, -0.2) is 4.98 Å². The summed E-state index contributed by atoms with van der Waals surface area (Å²) in [5.74, 6) is 1.27. The second-order valence-corrected chi connectivity index (χ2v) is 5.37. The van der Waals surface area contributed by atoms with Crippen LogP contribution < -0.4 is 0 Å². The summed E-state index contributed by atoms with van der Waals surface area (Å²) >= 11 is 0. The topological polar surface area (TPSA) is 82.1 Å². The fourth-order valence-electron chi connectivity index (χ4n) is 2.58. The molecule has 0 radical (unpaired) electrons. The zero-order valence-corrected chi connectivity index (χ0v) is 11.9. The van der Waals surface area contributed by atoms with Gasteiger partial charge in [-0.05, 0) is 31.9 Å². The molecular formula is C15H18N4O2. The Kier molecular flexibility index (Phi) is 3.70. The molecular weight excluding hydrogens is 268 g/mol. The maximum Gasteiger partial charge on any atom is 0.253 e. The monoisotopic (exact) mass is 286 g/mol. The molecule has 2 heterocycles. The van der Waals surface area contributed by atoms with E-state index in [2.05, 4.69) is 15.2 Å². The van der Waals surface area contributed by atoms with Gasteiger partial charge in [-0.15, -0.1) is 0 Å². The van der Waals surface area contributed by atoms with Gasteiger partial charge in [-0.2, -0.15) is 5.10 Å². The number of carbonyl (C=O) groups excluding carboxylic acids is 1. The molecule has 6 heteroatoms. The fraction of sp³-hybridized carbons (Fsp3) is 0.400. The van der Waals surface area contributed by atoms with Crippen molar-refractivity contribution in [1.29, 1.82) is 0 Å². The number of β-amino-alcohol motifs (C(OH)–C–C–N with tert-alkyl or cyclic N) is 1. The summed E-state index contributed by atoms with van der Waals surface area (Å²) in [7, 11) is 0. The van der Waals surface area contributed by atoms with E-state index < -0.39 is 6.10 Å². The molecule has 1 aliphatic heterocycles. The molecule has 1 fully saturated rings. The van der Waals surface area contributed by atoms with Crippen LogP contribution in [0, 0.1) is 6.92 Å². The van der Waals surface area contributed by atoms with Crippen molar-refractivity contribution in [3.63, 3.8) is 0 Å². The van der Waals surface area contributed by atoms with Crippen LogP contribution in [-0.4, -0.2) is 50.3 Å². The van der Waals surface area contributed by atoms with Crippen molar-refractivity contribution >= 4 is 5.91 Å². The molecule has 1 aromatic carbocycles. The van der Waals surface area contributed by atoms with Crippen LogP contribution in [0.15, 0.2) is 24.3 Å². The first-order chi connectivity index (χ1) is 10.1. The van der Waals surface area contributed by atoms with E-state index in [9.17, 15) is 9.90 Å². The highest BCUT2D eigenvalue weighted by molar-refractivity contribution is 5.95. The van der Waals surface area contributed by atoms with Crippen molar-refractivity contribution in [3.8, 4) is 11.4 Å². The molecule has 0 saturated carbocycles. The molecule has 21 heavy (non-hydrogen) atoms. The van der Waals surface area contributed by atoms with E-state index in [1.165, 1.54) is 0 Å². The number of nitrogens with zero attached hydrogens (tertiary/aromatic N) is 3. The maximum absolute atomic E-state index is 12.5. The Bertz CT molecular complexity index is 653. The molecule has 1 unspecified atom stereocenters. The lowest BCUT2D eigenvalue weighted by Crippen LogP contribution is -2.42. The third kappa shape index (κ3) is 2.95. The van der Waals surface area contributed by atoms with E-state index in [1.54, 1.807) is 17.0 Å². The van der Waals surface area contributed by atoms with Crippen molar-refractivity contribution < 1.29 is 9.90 Å². The van der Waals surface area contributed by atoms with Crippen LogP contribution in [0.2, 0.25) is 0 Å². The standard InChI is InChI=1S/C15H18N4O2/c1-10-16-14(18-17-10)11-4-2-5-12(8-11)15(21)19-7-3-6-13(20)9-19/h2,4-5,8,13,20H,3,6-7,9H2,1H3,(H,16,17,18). The minimum Gasteiger partial charge on any atom is -0.391 e. The molecule has 0 bridgehead atoms. The first kappa shape index (κ1) is 13.8. The Hall–Kier alpha value is -2.21. The molecule has 6 nitrogen and oxygen atoms in total. The summed E-state index contributed by atoms with van der Waals surface area (Å²) in [5.41, 5.74) is 1.41. The number of nitrogens with one attached hydrogen (secondary N) is 1. The van der Waals surface area contributed by atoms with Crippen molar-refractivity contribution in [3.05, 3.63) is 35.7 Å². The third-order valence-electron chi connectivity index (χ3n) is 3.65. The number of rotatable bonds is 2. The van der Waals surface area contributed by atoms with Crippen LogP contribution in [0.4, 0.5) is 0 Å². The zero-order chi connectivity index (χ0) is 14.8. The number of hydrogen-bond acceptors (Lipinski definition) is 4. The lowest BCUT2D eigenvalue weighted by molar-refractivity contribution is 0.0474. The minimum atomic E-state index is -0.415. The summed E-state index contributed by atoms with van der Waals surface area (Å²) in [4.78, 5) is 18.5. The number of hydrogen-bond donors (Lipinski definition) is 2. The number of aliphatic hydroxyl groups excluding tert-OH is 1. The van der Waals surface area contributed by atoms with Crippen LogP contribution in [0.1, 0.15) is 29.0 Å². The molecule has 2 aromatic rings. The summed E-state index contributed by atoms with van der Waals surface area (Å²) in [6, 6.07) is 7.29. The summed E-state index contributed by atoms with van der Waals surface area (Å²) in [6.07, 6.45) is 1.19. The normalized spacial score (nSPS) is 18.8. The van der Waals surface area contributed by atoms with E-state index >= 15 is 0 Å². The number of aromatic amines is 1. The summed E-state index contributed by atoms with van der Waals surface area (Å²) in [6.45, 7) is 2.93. The maximum atomic E-state index is 12.5. The van der Waals surface area contributed by atoms with Gasteiger partial charge in [0.1, 0.15) is 5.82 Å². The van der Waals surface area contributed by atoms with Crippen LogP contribution in [0.3, 0.4) is 0 Å². The molecule has 1 saturated heterocycles. The predicted octanol–water partition coefficient (Wildman–Crippen LogP) is 1.38. The van der Waals surface area contributed by atoms with Gasteiger partial charge in [-0.1, -0.05) is 12.1 Å². The van der Waals surface area contributed by atoms with E-state index in [1.807, 2.05) is 19.1 Å². The van der Waals surface area contributed by atoms with Gasteiger partial charge in [0.25, 0.3) is 5.91 Å². The van der Waals surface area contributed by atoms with Crippen LogP contribution in [-0.2, 0) is 0 Å². The van der Waals surface area contributed by atoms with Gasteiger partial charge in [0.15, 0.2) is 5.82 Å². The van der Waals surface area contributed by atoms with Crippen LogP contribution >= 0.6 is 0 Å². The number of benzene rings is 1. The molecule has 1 atom stereocenters. The Morgan fingerprint density at radius 3 is 3.05 bits per heavy atom. The van der Waals surface area contributed by atoms with Gasteiger partial charge in [0.05, 0.1) is 6.10 Å². The third-order valence-corrected chi connectivity index (χ3v) is 3.65. The summed E-state index contributed by atoms with van der Waals surface area (Å²) in [5, 5.41) is 16.6. The second-order valence-electron chi connectivity index (χ2n) is 5.37. The Morgan fingerprint density at radius 1 is 1.48 bits per heavy atom. The number of piperidine rings is 1. The van der Waals surface area contributed by atoms with E-state index in [4.69, 9.17) is 0 Å². The van der Waals surface area contributed by atoms with E-state index in [0.29, 0.717) is 24.5 Å². The zero-order valence-electron chi connectivity index (χ0n) is 11.9. The highest BCUT2D eigenvalue weighted by Crippen LogP contribution is 2.19. The van der Waals surface area contributed by atoms with Crippen molar-refractivity contribution in [1.82, 2.24) is 20.1 Å². The molecule has 110 valence electrons. The van der Waals surface area contributed by atoms with Crippen molar-refractivity contribution in [2.24, 2.45) is 0 Å². The van der Waals surface area contributed by atoms with Gasteiger partial charge in [-0.3, -0.25) is 9.89 Å². The SMILES string of the molecule is Cc1nc(-c2cccc(C(=O)N3CCCC(O)C3)c2)n[nH]1. The van der Waals surface area contributed by atoms with Crippen LogP contribution in [0.25, 0.3) is 11.4 Å². The molecule has 0 spiro atoms. The highest BCUT2D eigenvalue weighted by atomic mass is 16.3. The second kappa shape index (κ2) is 5.65. The smallest absolute Gasteiger partial charge is 0.253 e. The minimum absolute atomic E-state index is 0.0529. The average molecular weight is 286 g/mol. The number of aromatic nitrogens is 3. The number of amides is 1. The number of likely N-dealkylation sites (tertiary alicyclic amines) is 1. The lowest BCUT2D eigenvalue weighted by Gasteiger charge is -2.30. The Labute approximate surface area is 122 Å². The quantitative estimate of drug-likeness (QED) is 0.873. The van der Waals surface area contributed by atoms with Gasteiger partial charge in [0, 0.05) is 24.2 Å². The van der Waals surface area contributed by atoms with E-state index in [0.717, 1.165) is 24.2 Å². The van der Waals surface area contributed by atoms with Gasteiger partial charge < -0.3 is 10.0 Å². The Morgan fingerprint density at radius 2 is 2.33 bits per heavy atom. The largest absolute Gasteiger partial charge is 0.391 e. The number of aryl methyl sites for hydroxylation is 1. The molecule has 1 amide bonds. The number of aliphatic hydroxyl groups is 1. The van der Waals surface area contributed by atoms with Crippen molar-refractivity contribution in [2.45, 2.75) is 25.9 Å². The number of H-pyrrole nitrogens is 1. The van der Waals surface area contributed by atoms with Crippen LogP contribution in [0.5, 0.6) is 0 Å². The van der Waals surface area contributed by atoms with E-state index in [-0.39, 0.29) is 5.91 Å². The first-order valence-electron chi connectivity index (χ1n) is 7.10. The lowest BCUT2D eigenvalue weighted by atomic mass is 10.1. The predicted molar refractivity (Wildman–Crippen MR) is 77.7 cm³/mol. The number of carbonyl (C=O) groups is 1. The van der Waals surface area contributed by atoms with Crippen molar-refractivity contribution in [2.75, 3.05) is 13.1 Å². The summed E-state index contributed by atoms with van der Waals surface area (Å²) < 4.78 is 0. The highest BCUT2D eigenvalue weighted by Gasteiger charge is 2.23. The van der Waals surface area contributed by atoms with Gasteiger partial charge in [0.2, 0.25) is 0 Å². The van der Waals surface area contributed by atoms with Gasteiger partial charge >= 0.3 is 0 Å². The molecule has 2 N–H and O–H groups in total. The fourth-order valence-corrected chi connectivity index (χ4v) is 2.58.